The van der Waals surface area contributed by atoms with Crippen LogP contribution in [0.2, 0.25) is 0 Å². The second kappa shape index (κ2) is 6.26. The van der Waals surface area contributed by atoms with E-state index >= 15 is 0 Å². The maximum atomic E-state index is 12.6. The van der Waals surface area contributed by atoms with Crippen molar-refractivity contribution < 1.29 is 4.74 Å². The van der Waals surface area contributed by atoms with E-state index in [0.29, 0.717) is 12.1 Å². The number of hydrogen-bond donors (Lipinski definition) is 0. The van der Waals surface area contributed by atoms with Gasteiger partial charge in [-0.25, -0.2) is 4.68 Å². The van der Waals surface area contributed by atoms with Gasteiger partial charge in [0.2, 0.25) is 0 Å². The van der Waals surface area contributed by atoms with Crippen LogP contribution in [-0.2, 0) is 6.54 Å². The third kappa shape index (κ3) is 2.91. The molecule has 0 atom stereocenters. The van der Waals surface area contributed by atoms with Gasteiger partial charge in [-0.15, -0.1) is 0 Å². The van der Waals surface area contributed by atoms with E-state index in [2.05, 4.69) is 5.10 Å². The summed E-state index contributed by atoms with van der Waals surface area (Å²) in [5.41, 5.74) is 2.43. The van der Waals surface area contributed by atoms with E-state index < -0.39 is 0 Å². The second-order valence-electron chi connectivity index (χ2n) is 4.92. The summed E-state index contributed by atoms with van der Waals surface area (Å²) in [4.78, 5) is 12.6. The Hall–Kier alpha value is -2.88. The molecule has 110 valence electrons. The van der Waals surface area contributed by atoms with E-state index in [-0.39, 0.29) is 5.56 Å². The molecule has 0 amide bonds. The van der Waals surface area contributed by atoms with Crippen molar-refractivity contribution >= 4 is 0 Å². The van der Waals surface area contributed by atoms with E-state index in [0.717, 1.165) is 16.9 Å². The minimum atomic E-state index is -0.100. The van der Waals surface area contributed by atoms with Crippen molar-refractivity contribution in [3.05, 3.63) is 82.8 Å². The van der Waals surface area contributed by atoms with Crippen molar-refractivity contribution in [2.75, 3.05) is 7.11 Å². The third-order valence-corrected chi connectivity index (χ3v) is 3.49. The fourth-order valence-electron chi connectivity index (χ4n) is 2.31. The lowest BCUT2D eigenvalue weighted by Crippen LogP contribution is -2.24. The normalized spacial score (nSPS) is 10.4. The van der Waals surface area contributed by atoms with Gasteiger partial charge < -0.3 is 4.74 Å². The molecule has 0 aliphatic heterocycles. The van der Waals surface area contributed by atoms with E-state index in [1.165, 1.54) is 4.68 Å². The van der Waals surface area contributed by atoms with Gasteiger partial charge >= 0.3 is 0 Å². The lowest BCUT2D eigenvalue weighted by Gasteiger charge is -2.08. The molecule has 1 heterocycles. The summed E-state index contributed by atoms with van der Waals surface area (Å²) in [6, 6.07) is 19.0. The monoisotopic (exact) mass is 292 g/mol. The highest BCUT2D eigenvalue weighted by Crippen LogP contribution is 2.19. The zero-order chi connectivity index (χ0) is 15.4. The summed E-state index contributed by atoms with van der Waals surface area (Å²) < 4.78 is 6.62. The number of aromatic nitrogens is 2. The van der Waals surface area contributed by atoms with Crippen LogP contribution in [-0.4, -0.2) is 16.9 Å². The highest BCUT2D eigenvalue weighted by molar-refractivity contribution is 5.62. The molecule has 0 aliphatic carbocycles. The molecule has 3 rings (SSSR count). The molecule has 0 unspecified atom stereocenters. The zero-order valence-corrected chi connectivity index (χ0v) is 12.3. The van der Waals surface area contributed by atoms with Gasteiger partial charge in [0.05, 0.1) is 19.2 Å². The predicted molar refractivity (Wildman–Crippen MR) is 86.0 cm³/mol. The number of nitrogens with zero attached hydrogens (tertiary/aromatic N) is 2. The largest absolute Gasteiger partial charge is 0.497 e. The average Bonchev–Trinajstić information content (AvgIpc) is 2.58. The van der Waals surface area contributed by atoms with Gasteiger partial charge in [0.15, 0.2) is 0 Å². The summed E-state index contributed by atoms with van der Waals surface area (Å²) >= 11 is 0. The van der Waals surface area contributed by atoms with Gasteiger partial charge in [-0.2, -0.15) is 5.10 Å². The van der Waals surface area contributed by atoms with Gasteiger partial charge in [0.25, 0.3) is 5.56 Å². The Labute approximate surface area is 128 Å². The number of ether oxygens (including phenoxy) is 1. The van der Waals surface area contributed by atoms with Crippen molar-refractivity contribution in [1.29, 1.82) is 0 Å². The smallest absolute Gasteiger partial charge is 0.274 e. The van der Waals surface area contributed by atoms with Crippen LogP contribution in [0.3, 0.4) is 0 Å². The van der Waals surface area contributed by atoms with E-state index in [1.807, 2.05) is 54.6 Å². The lowest BCUT2D eigenvalue weighted by molar-refractivity contribution is 0.415. The Bertz CT molecular complexity index is 808. The molecule has 1 aromatic heterocycles. The average molecular weight is 292 g/mol. The molecule has 0 fully saturated rings. The van der Waals surface area contributed by atoms with Crippen molar-refractivity contribution in [2.45, 2.75) is 6.54 Å². The van der Waals surface area contributed by atoms with Crippen LogP contribution < -0.4 is 10.3 Å². The number of benzene rings is 2. The van der Waals surface area contributed by atoms with Crippen molar-refractivity contribution in [1.82, 2.24) is 9.78 Å². The Kier molecular flexibility index (Phi) is 4.01. The molecule has 0 spiro atoms. The molecule has 0 saturated carbocycles. The van der Waals surface area contributed by atoms with Crippen LogP contribution in [0, 0.1) is 0 Å². The number of rotatable bonds is 4. The minimum Gasteiger partial charge on any atom is -0.497 e. The Morgan fingerprint density at radius 3 is 2.41 bits per heavy atom. The van der Waals surface area contributed by atoms with E-state index in [4.69, 9.17) is 4.74 Å². The molecule has 0 N–H and O–H groups in total. The molecule has 0 saturated heterocycles. The molecular weight excluding hydrogens is 276 g/mol. The highest BCUT2D eigenvalue weighted by atomic mass is 16.5. The van der Waals surface area contributed by atoms with Crippen LogP contribution in [0.4, 0.5) is 0 Å². The molecule has 2 aromatic carbocycles. The van der Waals surface area contributed by atoms with Crippen molar-refractivity contribution in [3.63, 3.8) is 0 Å². The molecular formula is C18H16N2O2. The Morgan fingerprint density at radius 2 is 1.73 bits per heavy atom. The summed E-state index contributed by atoms with van der Waals surface area (Å²) in [6.45, 7) is 0.462. The molecule has 22 heavy (non-hydrogen) atoms. The first kappa shape index (κ1) is 14.1. The van der Waals surface area contributed by atoms with E-state index in [1.54, 1.807) is 19.4 Å². The maximum absolute atomic E-state index is 12.6. The van der Waals surface area contributed by atoms with Crippen LogP contribution in [0.5, 0.6) is 5.75 Å². The Balaban J connectivity index is 1.96. The summed E-state index contributed by atoms with van der Waals surface area (Å²) in [5, 5.41) is 4.17. The van der Waals surface area contributed by atoms with Gasteiger partial charge in [-0.05, 0) is 29.3 Å². The topological polar surface area (TPSA) is 44.1 Å². The Morgan fingerprint density at radius 1 is 1.00 bits per heavy atom. The van der Waals surface area contributed by atoms with Crippen LogP contribution in [0.25, 0.3) is 11.1 Å². The molecule has 4 nitrogen and oxygen atoms in total. The molecule has 0 radical (unpaired) electrons. The van der Waals surface area contributed by atoms with Gasteiger partial charge in [0, 0.05) is 6.20 Å². The third-order valence-electron chi connectivity index (χ3n) is 3.49. The summed E-state index contributed by atoms with van der Waals surface area (Å²) in [5.74, 6) is 0.766. The lowest BCUT2D eigenvalue weighted by atomic mass is 10.1. The van der Waals surface area contributed by atoms with Gasteiger partial charge in [0.1, 0.15) is 5.75 Å². The minimum absolute atomic E-state index is 0.100. The highest BCUT2D eigenvalue weighted by Gasteiger charge is 2.07. The van der Waals surface area contributed by atoms with Crippen LogP contribution >= 0.6 is 0 Å². The fraction of sp³-hybridized carbons (Fsp3) is 0.111. The number of hydrogen-bond acceptors (Lipinski definition) is 3. The molecule has 0 bridgehead atoms. The molecule has 4 heteroatoms. The summed E-state index contributed by atoms with van der Waals surface area (Å²) in [6.07, 6.45) is 1.66. The second-order valence-corrected chi connectivity index (χ2v) is 4.92. The summed E-state index contributed by atoms with van der Waals surface area (Å²) in [7, 11) is 1.62. The first-order chi connectivity index (χ1) is 10.8. The first-order valence-corrected chi connectivity index (χ1v) is 7.02. The van der Waals surface area contributed by atoms with Gasteiger partial charge in [-0.3, -0.25) is 4.79 Å². The molecule has 3 aromatic rings. The first-order valence-electron chi connectivity index (χ1n) is 7.02. The standard InChI is InChI=1S/C18H16N2O2/c1-22-16-9-7-15(8-10-16)17-11-12-19-20(18(17)21)13-14-5-3-2-4-6-14/h2-12H,13H2,1H3. The predicted octanol–water partition coefficient (Wildman–Crippen LogP) is 2.97. The van der Waals surface area contributed by atoms with Crippen LogP contribution in [0.15, 0.2) is 71.7 Å². The quantitative estimate of drug-likeness (QED) is 0.742. The fourth-order valence-corrected chi connectivity index (χ4v) is 2.31. The van der Waals surface area contributed by atoms with E-state index in [9.17, 15) is 4.79 Å². The molecule has 0 aliphatic rings. The van der Waals surface area contributed by atoms with Crippen LogP contribution in [0.1, 0.15) is 5.56 Å². The maximum Gasteiger partial charge on any atom is 0.274 e. The SMILES string of the molecule is COc1ccc(-c2ccnn(Cc3ccccc3)c2=O)cc1. The zero-order valence-electron chi connectivity index (χ0n) is 12.3. The van der Waals surface area contributed by atoms with Crippen molar-refractivity contribution in [2.24, 2.45) is 0 Å². The van der Waals surface area contributed by atoms with Gasteiger partial charge in [-0.1, -0.05) is 42.5 Å². The number of methoxy groups -OCH3 is 1. The van der Waals surface area contributed by atoms with Crippen molar-refractivity contribution in [3.8, 4) is 16.9 Å².